The lowest BCUT2D eigenvalue weighted by molar-refractivity contribution is 0.554. The molecule has 11 heteroatoms. The van der Waals surface area contributed by atoms with Crippen molar-refractivity contribution >= 4 is 44.9 Å². The summed E-state index contributed by atoms with van der Waals surface area (Å²) in [5.41, 5.74) is 17.6. The monoisotopic (exact) mass is 519 g/mol. The van der Waals surface area contributed by atoms with Crippen molar-refractivity contribution in [2.45, 2.75) is 19.5 Å². The van der Waals surface area contributed by atoms with Crippen LogP contribution >= 0.6 is 0 Å². The Morgan fingerprint density at radius 1 is 0.974 bits per heavy atom. The highest BCUT2D eigenvalue weighted by Gasteiger charge is 2.25. The minimum absolute atomic E-state index is 0.0865. The maximum Gasteiger partial charge on any atom is 0.292 e. The minimum atomic E-state index is -0.369. The summed E-state index contributed by atoms with van der Waals surface area (Å²) in [5.74, 6) is -0.0260. The van der Waals surface area contributed by atoms with E-state index in [2.05, 4.69) is 15.0 Å². The summed E-state index contributed by atoms with van der Waals surface area (Å²) < 4.78 is 23.4. The SMILES string of the molecule is CC(c1nn(Cc2ccccc2)c2cc(F)ccc12)n1nc(-c2ccc3oc(N)nc3c2)c2c(N)ncnc21. The standard InChI is InChI=1S/C28H22FN9O/c1-15(24-19-9-8-18(29)12-21(19)37(35-24)13-16-5-3-2-4-6-16)38-27-23(26(30)32-14-33-27)25(36-38)17-7-10-22-20(11-17)34-28(31)39-22/h2-12,14-15H,13H2,1H3,(H2,31,34)(H2,30,32,33). The van der Waals surface area contributed by atoms with Crippen LogP contribution in [0.5, 0.6) is 0 Å². The molecule has 0 bridgehead atoms. The van der Waals surface area contributed by atoms with Crippen LogP contribution in [-0.4, -0.2) is 34.5 Å². The van der Waals surface area contributed by atoms with Gasteiger partial charge in [0.25, 0.3) is 6.01 Å². The zero-order valence-electron chi connectivity index (χ0n) is 20.8. The summed E-state index contributed by atoms with van der Waals surface area (Å²) >= 11 is 0. The van der Waals surface area contributed by atoms with Crippen molar-refractivity contribution in [3.05, 3.63) is 90.1 Å². The van der Waals surface area contributed by atoms with Crippen LogP contribution in [0.1, 0.15) is 24.2 Å². The Bertz CT molecular complexity index is 2010. The molecule has 10 nitrogen and oxygen atoms in total. The first-order chi connectivity index (χ1) is 19.0. The largest absolute Gasteiger partial charge is 0.424 e. The van der Waals surface area contributed by atoms with Crippen molar-refractivity contribution in [3.8, 4) is 11.3 Å². The van der Waals surface area contributed by atoms with Gasteiger partial charge in [-0.1, -0.05) is 30.3 Å². The fourth-order valence-corrected chi connectivity index (χ4v) is 5.03. The van der Waals surface area contributed by atoms with E-state index in [0.29, 0.717) is 45.7 Å². The molecule has 4 heterocycles. The van der Waals surface area contributed by atoms with Gasteiger partial charge in [-0.05, 0) is 48.9 Å². The normalized spacial score (nSPS) is 12.6. The second-order valence-electron chi connectivity index (χ2n) is 9.35. The molecule has 0 radical (unpaired) electrons. The van der Waals surface area contributed by atoms with Gasteiger partial charge in [-0.25, -0.2) is 19.0 Å². The first-order valence-corrected chi connectivity index (χ1v) is 12.3. The van der Waals surface area contributed by atoms with E-state index in [0.717, 1.165) is 22.2 Å². The van der Waals surface area contributed by atoms with E-state index in [4.69, 9.17) is 26.1 Å². The number of halogens is 1. The van der Waals surface area contributed by atoms with Crippen LogP contribution in [0.15, 0.2) is 77.5 Å². The molecule has 39 heavy (non-hydrogen) atoms. The van der Waals surface area contributed by atoms with Crippen molar-refractivity contribution in [3.63, 3.8) is 0 Å². The van der Waals surface area contributed by atoms with Crippen LogP contribution in [0.2, 0.25) is 0 Å². The van der Waals surface area contributed by atoms with E-state index in [1.54, 1.807) is 16.8 Å². The van der Waals surface area contributed by atoms with Crippen molar-refractivity contribution in [2.75, 3.05) is 11.5 Å². The molecule has 0 aliphatic heterocycles. The number of fused-ring (bicyclic) bond motifs is 3. The zero-order valence-corrected chi connectivity index (χ0v) is 20.8. The molecule has 0 aliphatic carbocycles. The molecule has 7 aromatic rings. The average molecular weight is 520 g/mol. The van der Waals surface area contributed by atoms with Crippen LogP contribution in [0.3, 0.4) is 0 Å². The van der Waals surface area contributed by atoms with Crippen molar-refractivity contribution < 1.29 is 8.81 Å². The first-order valence-electron chi connectivity index (χ1n) is 12.3. The van der Waals surface area contributed by atoms with Gasteiger partial charge >= 0.3 is 0 Å². The third-order valence-electron chi connectivity index (χ3n) is 6.88. The number of oxazole rings is 1. The summed E-state index contributed by atoms with van der Waals surface area (Å²) in [5, 5.41) is 11.3. The summed E-state index contributed by atoms with van der Waals surface area (Å²) in [6, 6.07) is 19.8. The Labute approximate surface area is 220 Å². The molecular weight excluding hydrogens is 497 g/mol. The number of rotatable bonds is 5. The van der Waals surface area contributed by atoms with Crippen LogP contribution in [-0.2, 0) is 6.54 Å². The second kappa shape index (κ2) is 8.62. The molecule has 3 aromatic carbocycles. The van der Waals surface area contributed by atoms with E-state index >= 15 is 0 Å². The van der Waals surface area contributed by atoms with Crippen LogP contribution in [0.4, 0.5) is 16.2 Å². The van der Waals surface area contributed by atoms with E-state index in [1.165, 1.54) is 18.5 Å². The second-order valence-corrected chi connectivity index (χ2v) is 9.35. The lowest BCUT2D eigenvalue weighted by atomic mass is 10.1. The number of hydrogen-bond donors (Lipinski definition) is 2. The average Bonchev–Trinajstić information content (AvgIpc) is 3.61. The molecule has 1 unspecified atom stereocenters. The summed E-state index contributed by atoms with van der Waals surface area (Å²) in [6.07, 6.45) is 1.41. The number of anilines is 2. The van der Waals surface area contributed by atoms with Gasteiger partial charge in [0.05, 0.1) is 29.2 Å². The van der Waals surface area contributed by atoms with Crippen LogP contribution in [0.25, 0.3) is 44.3 Å². The van der Waals surface area contributed by atoms with E-state index in [-0.39, 0.29) is 17.9 Å². The Balaban J connectivity index is 1.40. The van der Waals surface area contributed by atoms with Crippen molar-refractivity contribution in [1.82, 2.24) is 34.5 Å². The van der Waals surface area contributed by atoms with Gasteiger partial charge < -0.3 is 15.9 Å². The third kappa shape index (κ3) is 3.74. The Morgan fingerprint density at radius 2 is 1.82 bits per heavy atom. The van der Waals surface area contributed by atoms with E-state index in [1.807, 2.05) is 54.1 Å². The molecule has 1 atom stereocenters. The molecule has 0 saturated carbocycles. The third-order valence-corrected chi connectivity index (χ3v) is 6.88. The number of nitrogen functional groups attached to an aromatic ring is 2. The summed E-state index contributed by atoms with van der Waals surface area (Å²) in [4.78, 5) is 13.0. The summed E-state index contributed by atoms with van der Waals surface area (Å²) in [6.45, 7) is 2.47. The molecule has 4 N–H and O–H groups in total. The van der Waals surface area contributed by atoms with E-state index < -0.39 is 0 Å². The highest BCUT2D eigenvalue weighted by Crippen LogP contribution is 2.36. The molecule has 7 rings (SSSR count). The smallest absolute Gasteiger partial charge is 0.292 e. The fourth-order valence-electron chi connectivity index (χ4n) is 5.03. The number of nitrogens with two attached hydrogens (primary N) is 2. The van der Waals surface area contributed by atoms with Gasteiger partial charge in [-0.3, -0.25) is 4.68 Å². The zero-order chi connectivity index (χ0) is 26.7. The molecule has 192 valence electrons. The quantitative estimate of drug-likeness (QED) is 0.326. The molecule has 0 saturated heterocycles. The molecule has 0 amide bonds. The maximum atomic E-state index is 14.3. The molecule has 0 aliphatic rings. The predicted molar refractivity (Wildman–Crippen MR) is 146 cm³/mol. The van der Waals surface area contributed by atoms with Gasteiger partial charge in [-0.15, -0.1) is 0 Å². The maximum absolute atomic E-state index is 14.3. The Morgan fingerprint density at radius 3 is 2.67 bits per heavy atom. The van der Waals surface area contributed by atoms with Crippen molar-refractivity contribution in [2.24, 2.45) is 0 Å². The molecule has 4 aromatic heterocycles. The topological polar surface area (TPSA) is 139 Å². The first kappa shape index (κ1) is 22.8. The highest BCUT2D eigenvalue weighted by atomic mass is 19.1. The highest BCUT2D eigenvalue weighted by molar-refractivity contribution is 5.99. The fraction of sp³-hybridized carbons (Fsp3) is 0.107. The van der Waals surface area contributed by atoms with E-state index in [9.17, 15) is 4.39 Å². The van der Waals surface area contributed by atoms with Crippen LogP contribution in [0, 0.1) is 5.82 Å². The van der Waals surface area contributed by atoms with Crippen molar-refractivity contribution in [1.29, 1.82) is 0 Å². The molecular formula is C28H22FN9O. The molecule has 0 fully saturated rings. The van der Waals surface area contributed by atoms with Gasteiger partial charge in [0, 0.05) is 10.9 Å². The lowest BCUT2D eigenvalue weighted by Crippen LogP contribution is -2.11. The molecule has 0 spiro atoms. The summed E-state index contributed by atoms with van der Waals surface area (Å²) in [7, 11) is 0. The lowest BCUT2D eigenvalue weighted by Gasteiger charge is -2.11. The Hall–Kier alpha value is -5.32. The minimum Gasteiger partial charge on any atom is -0.424 e. The number of aromatic nitrogens is 7. The number of benzene rings is 3. The number of nitrogens with zero attached hydrogens (tertiary/aromatic N) is 7. The predicted octanol–water partition coefficient (Wildman–Crippen LogP) is 4.95. The van der Waals surface area contributed by atoms with Crippen LogP contribution < -0.4 is 11.5 Å². The van der Waals surface area contributed by atoms with Gasteiger partial charge in [0.2, 0.25) is 0 Å². The van der Waals surface area contributed by atoms with Gasteiger partial charge in [-0.2, -0.15) is 15.2 Å². The van der Waals surface area contributed by atoms with Gasteiger partial charge in [0.1, 0.15) is 29.2 Å². The van der Waals surface area contributed by atoms with Gasteiger partial charge in [0.15, 0.2) is 11.2 Å². The number of hydrogen-bond acceptors (Lipinski definition) is 8. The Kier molecular flexibility index (Phi) is 5.05.